The molecule has 0 rings (SSSR count). The zero-order valence-electron chi connectivity index (χ0n) is 7.79. The molecule has 0 radical (unpaired) electrons. The van der Waals surface area contributed by atoms with Crippen LogP contribution in [0.1, 0.15) is 33.1 Å². The van der Waals surface area contributed by atoms with Crippen molar-refractivity contribution < 1.29 is 15.0 Å². The maximum Gasteiger partial charge on any atom is 0.300 e. The van der Waals surface area contributed by atoms with Gasteiger partial charge in [0.2, 0.25) is 0 Å². The van der Waals surface area contributed by atoms with Crippen LogP contribution in [-0.2, 0) is 4.79 Å². The van der Waals surface area contributed by atoms with E-state index in [1.165, 1.54) is 12.8 Å². The molecule has 0 saturated carbocycles. The van der Waals surface area contributed by atoms with Crippen LogP contribution in [0.2, 0.25) is 0 Å². The van der Waals surface area contributed by atoms with Crippen molar-refractivity contribution in [3.8, 4) is 0 Å². The lowest BCUT2D eigenvalue weighted by molar-refractivity contribution is -0.134. The Kier molecular flexibility index (Phi) is 14.7. The van der Waals surface area contributed by atoms with Crippen LogP contribution in [0.3, 0.4) is 0 Å². The van der Waals surface area contributed by atoms with Crippen LogP contribution in [-0.4, -0.2) is 22.8 Å². The second-order valence-corrected chi connectivity index (χ2v) is 2.32. The number of carbonyl (C=O) groups is 1. The number of allylic oxidation sites excluding steroid dienone is 1. The summed E-state index contributed by atoms with van der Waals surface area (Å²) >= 11 is 0. The molecule has 0 aromatic heterocycles. The van der Waals surface area contributed by atoms with E-state index in [2.05, 4.69) is 6.92 Å². The number of carboxylic acids is 1. The molecule has 12 heavy (non-hydrogen) atoms. The van der Waals surface area contributed by atoms with Gasteiger partial charge in [-0.15, -0.1) is 0 Å². The van der Waals surface area contributed by atoms with Crippen molar-refractivity contribution in [1.29, 1.82) is 0 Å². The largest absolute Gasteiger partial charge is 0.481 e. The fourth-order valence-corrected chi connectivity index (χ4v) is 0.514. The third-order valence-corrected chi connectivity index (χ3v) is 0.996. The van der Waals surface area contributed by atoms with Crippen LogP contribution in [0.25, 0.3) is 0 Å². The molecule has 3 heteroatoms. The summed E-state index contributed by atoms with van der Waals surface area (Å²) in [5, 5.41) is 15.7. The van der Waals surface area contributed by atoms with E-state index >= 15 is 0 Å². The number of rotatable bonds is 4. The molecule has 0 amide bonds. The van der Waals surface area contributed by atoms with Crippen molar-refractivity contribution in [1.82, 2.24) is 0 Å². The highest BCUT2D eigenvalue weighted by Crippen LogP contribution is 1.93. The summed E-state index contributed by atoms with van der Waals surface area (Å²) in [7, 11) is 0. The monoisotopic (exact) mass is 174 g/mol. The topological polar surface area (TPSA) is 57.5 Å². The Morgan fingerprint density at radius 2 is 1.92 bits per heavy atom. The van der Waals surface area contributed by atoms with Gasteiger partial charge in [0, 0.05) is 6.92 Å². The molecule has 0 fully saturated rings. The third kappa shape index (κ3) is 35.2. The second kappa shape index (κ2) is 12.8. The van der Waals surface area contributed by atoms with E-state index in [9.17, 15) is 0 Å². The van der Waals surface area contributed by atoms with Crippen molar-refractivity contribution >= 4 is 5.97 Å². The van der Waals surface area contributed by atoms with Crippen LogP contribution in [0.5, 0.6) is 0 Å². The number of aliphatic carboxylic acids is 1. The van der Waals surface area contributed by atoms with Gasteiger partial charge in [0.05, 0.1) is 6.61 Å². The van der Waals surface area contributed by atoms with Crippen molar-refractivity contribution in [3.05, 3.63) is 12.2 Å². The summed E-state index contributed by atoms with van der Waals surface area (Å²) in [4.78, 5) is 9.00. The predicted octanol–water partition coefficient (Wildman–Crippen LogP) is 1.82. The number of hydrogen-bond donors (Lipinski definition) is 2. The average Bonchev–Trinajstić information content (AvgIpc) is 1.97. The third-order valence-electron chi connectivity index (χ3n) is 0.996. The highest BCUT2D eigenvalue weighted by atomic mass is 16.4. The summed E-state index contributed by atoms with van der Waals surface area (Å²) in [6, 6.07) is 0. The van der Waals surface area contributed by atoms with Crippen molar-refractivity contribution in [3.63, 3.8) is 0 Å². The van der Waals surface area contributed by atoms with Gasteiger partial charge in [0.15, 0.2) is 0 Å². The Morgan fingerprint density at radius 1 is 1.42 bits per heavy atom. The summed E-state index contributed by atoms with van der Waals surface area (Å²) in [5.74, 6) is -0.833. The Labute approximate surface area is 73.7 Å². The molecule has 0 aromatic carbocycles. The van der Waals surface area contributed by atoms with Gasteiger partial charge < -0.3 is 10.2 Å². The quantitative estimate of drug-likeness (QED) is 0.505. The van der Waals surface area contributed by atoms with Gasteiger partial charge in [0.25, 0.3) is 5.97 Å². The second-order valence-electron chi connectivity index (χ2n) is 2.32. The van der Waals surface area contributed by atoms with E-state index in [0.717, 1.165) is 13.3 Å². The first-order chi connectivity index (χ1) is 5.65. The van der Waals surface area contributed by atoms with Crippen molar-refractivity contribution in [2.24, 2.45) is 0 Å². The SMILES string of the molecule is CC(=O)O.CCCC/C=C/CO. The smallest absolute Gasteiger partial charge is 0.300 e. The number of unbranched alkanes of at least 4 members (excludes halogenated alkanes) is 2. The molecule has 72 valence electrons. The minimum absolute atomic E-state index is 0.184. The van der Waals surface area contributed by atoms with Crippen LogP contribution in [0.4, 0.5) is 0 Å². The summed E-state index contributed by atoms with van der Waals surface area (Å²) in [6.07, 6.45) is 7.38. The Morgan fingerprint density at radius 3 is 2.25 bits per heavy atom. The number of hydrogen-bond acceptors (Lipinski definition) is 2. The highest BCUT2D eigenvalue weighted by Gasteiger charge is 1.74. The minimum atomic E-state index is -0.833. The normalized spacial score (nSPS) is 9.25. The molecule has 0 heterocycles. The predicted molar refractivity (Wildman–Crippen MR) is 49.1 cm³/mol. The van der Waals surface area contributed by atoms with E-state index in [4.69, 9.17) is 15.0 Å². The molecule has 0 saturated heterocycles. The van der Waals surface area contributed by atoms with Crippen molar-refractivity contribution in [2.75, 3.05) is 6.61 Å². The van der Waals surface area contributed by atoms with Gasteiger partial charge in [-0.25, -0.2) is 0 Å². The minimum Gasteiger partial charge on any atom is -0.481 e. The van der Waals surface area contributed by atoms with Gasteiger partial charge >= 0.3 is 0 Å². The van der Waals surface area contributed by atoms with Gasteiger partial charge in [-0.1, -0.05) is 31.9 Å². The number of aliphatic hydroxyl groups is 1. The molecule has 2 N–H and O–H groups in total. The van der Waals surface area contributed by atoms with E-state index in [1.54, 1.807) is 6.08 Å². The van der Waals surface area contributed by atoms with Gasteiger partial charge in [-0.2, -0.15) is 0 Å². The summed E-state index contributed by atoms with van der Waals surface area (Å²) in [5.41, 5.74) is 0. The molecule has 0 aliphatic carbocycles. The zero-order valence-corrected chi connectivity index (χ0v) is 7.79. The van der Waals surface area contributed by atoms with E-state index in [-0.39, 0.29) is 6.61 Å². The van der Waals surface area contributed by atoms with E-state index in [0.29, 0.717) is 0 Å². The molecule has 0 aromatic rings. The fourth-order valence-electron chi connectivity index (χ4n) is 0.514. The maximum atomic E-state index is 9.00. The summed E-state index contributed by atoms with van der Waals surface area (Å²) < 4.78 is 0. The molecule has 0 bridgehead atoms. The van der Waals surface area contributed by atoms with Crippen molar-refractivity contribution in [2.45, 2.75) is 33.1 Å². The molecule has 0 unspecified atom stereocenters. The summed E-state index contributed by atoms with van der Waals surface area (Å²) in [6.45, 7) is 3.43. The van der Waals surface area contributed by atoms with Gasteiger partial charge in [-0.05, 0) is 6.42 Å². The standard InChI is InChI=1S/C7H14O.C2H4O2/c1-2-3-4-5-6-7-8;1-2(3)4/h5-6,8H,2-4,7H2,1H3;1H3,(H,3,4)/b6-5+;. The molecular formula is C9H18O3. The Balaban J connectivity index is 0. The average molecular weight is 174 g/mol. The van der Waals surface area contributed by atoms with E-state index in [1.807, 2.05) is 6.08 Å². The van der Waals surface area contributed by atoms with Crippen LogP contribution in [0, 0.1) is 0 Å². The molecule has 3 nitrogen and oxygen atoms in total. The highest BCUT2D eigenvalue weighted by molar-refractivity contribution is 5.62. The van der Waals surface area contributed by atoms with Gasteiger partial charge in [0.1, 0.15) is 0 Å². The van der Waals surface area contributed by atoms with Crippen LogP contribution >= 0.6 is 0 Å². The first-order valence-corrected chi connectivity index (χ1v) is 4.10. The lowest BCUT2D eigenvalue weighted by atomic mass is 10.2. The molecule has 0 spiro atoms. The fraction of sp³-hybridized carbons (Fsp3) is 0.667. The van der Waals surface area contributed by atoms with Crippen LogP contribution in [0.15, 0.2) is 12.2 Å². The number of carboxylic acid groups (broad SMARTS) is 1. The van der Waals surface area contributed by atoms with Gasteiger partial charge in [-0.3, -0.25) is 4.79 Å². The Hall–Kier alpha value is -0.830. The maximum absolute atomic E-state index is 9.00. The molecule has 0 aliphatic rings. The number of aliphatic hydroxyl groups excluding tert-OH is 1. The lowest BCUT2D eigenvalue weighted by Crippen LogP contribution is -1.78. The molecular weight excluding hydrogens is 156 g/mol. The lowest BCUT2D eigenvalue weighted by Gasteiger charge is -1.85. The molecule has 0 atom stereocenters. The van der Waals surface area contributed by atoms with Crippen LogP contribution < -0.4 is 0 Å². The first-order valence-electron chi connectivity index (χ1n) is 4.10. The molecule has 0 aliphatic heterocycles. The van der Waals surface area contributed by atoms with E-state index < -0.39 is 5.97 Å². The first kappa shape index (κ1) is 13.7. The Bertz CT molecular complexity index is 115. The zero-order chi connectivity index (χ0) is 9.82.